The van der Waals surface area contributed by atoms with E-state index in [1.807, 2.05) is 30.4 Å². The minimum Gasteiger partial charge on any atom is -0.285 e. The molecule has 0 radical (unpaired) electrons. The van der Waals surface area contributed by atoms with E-state index in [0.717, 1.165) is 23.0 Å². The van der Waals surface area contributed by atoms with Gasteiger partial charge in [-0.25, -0.2) is 4.79 Å². The van der Waals surface area contributed by atoms with Gasteiger partial charge in [-0.2, -0.15) is 0 Å². The quantitative estimate of drug-likeness (QED) is 0.277. The Bertz CT molecular complexity index is 529. The third-order valence-corrected chi connectivity index (χ3v) is 8.65. The summed E-state index contributed by atoms with van der Waals surface area (Å²) in [5.74, 6) is 0. The van der Waals surface area contributed by atoms with E-state index >= 15 is 0 Å². The molecule has 0 aliphatic rings. The Morgan fingerprint density at radius 3 is 2.14 bits per heavy atom. The fourth-order valence-electron chi connectivity index (χ4n) is 2.84. The molecule has 0 bridgehead atoms. The lowest BCUT2D eigenvalue weighted by Gasteiger charge is -2.30. The number of carbonyl (C=O) groups excluding carboxylic acids is 1. The SMILES string of the molecule is C=CC[Si](CC=C)(CC=C)c1cccc(N(CC)C(=O)F)c1. The highest BCUT2D eigenvalue weighted by atomic mass is 28.3. The van der Waals surface area contributed by atoms with Gasteiger partial charge in [-0.15, -0.1) is 24.1 Å². The Balaban J connectivity index is 3.36. The van der Waals surface area contributed by atoms with Gasteiger partial charge >= 0.3 is 6.16 Å². The van der Waals surface area contributed by atoms with Gasteiger partial charge < -0.3 is 0 Å². The molecule has 0 spiro atoms. The zero-order valence-electron chi connectivity index (χ0n) is 13.2. The molecule has 1 aromatic carbocycles. The molecule has 0 atom stereocenters. The predicted molar refractivity (Wildman–Crippen MR) is 96.4 cm³/mol. The molecule has 0 unspecified atom stereocenters. The maximum Gasteiger partial charge on any atom is 0.404 e. The summed E-state index contributed by atoms with van der Waals surface area (Å²) in [4.78, 5) is 12.3. The first kappa shape index (κ1) is 18.1. The average molecular weight is 317 g/mol. The van der Waals surface area contributed by atoms with Crippen LogP contribution in [0.5, 0.6) is 0 Å². The van der Waals surface area contributed by atoms with Crippen molar-refractivity contribution < 1.29 is 9.18 Å². The van der Waals surface area contributed by atoms with Crippen LogP contribution < -0.4 is 10.1 Å². The van der Waals surface area contributed by atoms with Gasteiger partial charge in [-0.05, 0) is 37.2 Å². The van der Waals surface area contributed by atoms with Crippen LogP contribution in [-0.2, 0) is 0 Å². The molecule has 2 nitrogen and oxygen atoms in total. The first-order valence-corrected chi connectivity index (χ1v) is 10.1. The lowest BCUT2D eigenvalue weighted by molar-refractivity contribution is 0.228. The molecule has 1 aromatic rings. The number of hydrogen-bond donors (Lipinski definition) is 0. The highest BCUT2D eigenvalue weighted by Crippen LogP contribution is 2.25. The molecule has 1 amide bonds. The molecule has 0 heterocycles. The van der Waals surface area contributed by atoms with E-state index in [0.29, 0.717) is 12.2 Å². The van der Waals surface area contributed by atoms with Crippen molar-refractivity contribution in [3.8, 4) is 0 Å². The minimum atomic E-state index is -1.91. The average Bonchev–Trinajstić information content (AvgIpc) is 2.48. The third-order valence-electron chi connectivity index (χ3n) is 3.90. The molecule has 0 aliphatic carbocycles. The summed E-state index contributed by atoms with van der Waals surface area (Å²) in [6.07, 6.45) is 4.38. The fraction of sp³-hybridized carbons (Fsp3) is 0.278. The van der Waals surface area contributed by atoms with Crippen LogP contribution >= 0.6 is 0 Å². The van der Waals surface area contributed by atoms with E-state index in [2.05, 4.69) is 25.8 Å². The summed E-state index contributed by atoms with van der Waals surface area (Å²) in [5, 5.41) is 1.17. The van der Waals surface area contributed by atoms with Gasteiger partial charge in [0.25, 0.3) is 0 Å². The maximum atomic E-state index is 13.2. The summed E-state index contributed by atoms with van der Waals surface area (Å²) in [6.45, 7) is 13.7. The third kappa shape index (κ3) is 4.04. The van der Waals surface area contributed by atoms with Gasteiger partial charge in [0.2, 0.25) is 0 Å². The van der Waals surface area contributed by atoms with Gasteiger partial charge in [0.1, 0.15) is 0 Å². The molecule has 1 rings (SSSR count). The molecular weight excluding hydrogens is 293 g/mol. The zero-order chi connectivity index (χ0) is 16.6. The number of anilines is 1. The molecule has 118 valence electrons. The molecule has 4 heteroatoms. The minimum absolute atomic E-state index is 0.303. The van der Waals surface area contributed by atoms with Crippen LogP contribution in [0.15, 0.2) is 62.2 Å². The lowest BCUT2D eigenvalue weighted by Crippen LogP contribution is -2.46. The second-order valence-corrected chi connectivity index (χ2v) is 9.67. The first-order valence-electron chi connectivity index (χ1n) is 7.45. The molecule has 0 aromatic heterocycles. The Morgan fingerprint density at radius 2 is 1.73 bits per heavy atom. The largest absolute Gasteiger partial charge is 0.404 e. The number of halogens is 1. The Hall–Kier alpha value is -1.94. The predicted octanol–water partition coefficient (Wildman–Crippen LogP) is 4.82. The molecule has 0 saturated heterocycles. The topological polar surface area (TPSA) is 20.3 Å². The Kier molecular flexibility index (Phi) is 6.99. The summed E-state index contributed by atoms with van der Waals surface area (Å²) in [7, 11) is -1.91. The highest BCUT2D eigenvalue weighted by molar-refractivity contribution is 6.92. The fourth-order valence-corrected chi connectivity index (χ4v) is 6.61. The molecule has 22 heavy (non-hydrogen) atoms. The number of nitrogens with zero attached hydrogens (tertiary/aromatic N) is 1. The number of allylic oxidation sites excluding steroid dienone is 3. The summed E-state index contributed by atoms with van der Waals surface area (Å²) in [5.41, 5.74) is 0.599. The van der Waals surface area contributed by atoms with Crippen molar-refractivity contribution in [3.63, 3.8) is 0 Å². The molecular formula is C18H24FNOSi. The van der Waals surface area contributed by atoms with Gasteiger partial charge in [0, 0.05) is 12.2 Å². The van der Waals surface area contributed by atoms with E-state index in [4.69, 9.17) is 0 Å². The summed E-state index contributed by atoms with van der Waals surface area (Å²) >= 11 is 0. The molecule has 0 aliphatic heterocycles. The van der Waals surface area contributed by atoms with Crippen molar-refractivity contribution in [1.82, 2.24) is 0 Å². The lowest BCUT2D eigenvalue weighted by atomic mass is 10.3. The van der Waals surface area contributed by atoms with Gasteiger partial charge in [-0.3, -0.25) is 4.90 Å². The normalized spacial score (nSPS) is 10.8. The Labute approximate surface area is 133 Å². The van der Waals surface area contributed by atoms with E-state index in [1.165, 1.54) is 5.19 Å². The van der Waals surface area contributed by atoms with Crippen molar-refractivity contribution >= 4 is 25.1 Å². The van der Waals surface area contributed by atoms with Crippen LogP contribution in [-0.4, -0.2) is 20.8 Å². The maximum absolute atomic E-state index is 13.2. The van der Waals surface area contributed by atoms with Crippen molar-refractivity contribution in [2.45, 2.75) is 25.1 Å². The summed E-state index contributed by atoms with van der Waals surface area (Å²) in [6, 6.07) is 10.3. The van der Waals surface area contributed by atoms with Crippen LogP contribution in [0, 0.1) is 0 Å². The van der Waals surface area contributed by atoms with Crippen LogP contribution in [0.2, 0.25) is 18.1 Å². The van der Waals surface area contributed by atoms with E-state index in [-0.39, 0.29) is 0 Å². The van der Waals surface area contributed by atoms with E-state index in [9.17, 15) is 9.18 Å². The monoisotopic (exact) mass is 317 g/mol. The van der Waals surface area contributed by atoms with Gasteiger partial charge in [-0.1, -0.05) is 35.5 Å². The van der Waals surface area contributed by atoms with Crippen molar-refractivity contribution in [1.29, 1.82) is 0 Å². The van der Waals surface area contributed by atoms with Crippen LogP contribution in [0.25, 0.3) is 0 Å². The van der Waals surface area contributed by atoms with Crippen molar-refractivity contribution in [3.05, 3.63) is 62.2 Å². The van der Waals surface area contributed by atoms with E-state index in [1.54, 1.807) is 13.0 Å². The standard InChI is InChI=1S/C18H24FNOSi/c1-5-12-22(13-6-2,14-7-3)17-11-9-10-16(15-17)20(8-4)18(19)21/h5-7,9-11,15H,1-3,8,12-14H2,4H3. The summed E-state index contributed by atoms with van der Waals surface area (Å²) < 4.78 is 13.2. The second kappa shape index (κ2) is 8.49. The van der Waals surface area contributed by atoms with Gasteiger partial charge in [0.15, 0.2) is 0 Å². The molecule has 0 saturated carbocycles. The number of hydrogen-bond acceptors (Lipinski definition) is 1. The van der Waals surface area contributed by atoms with Crippen molar-refractivity contribution in [2.75, 3.05) is 11.4 Å². The molecule has 0 fully saturated rings. The Morgan fingerprint density at radius 1 is 1.18 bits per heavy atom. The van der Waals surface area contributed by atoms with Crippen LogP contribution in [0.3, 0.4) is 0 Å². The van der Waals surface area contributed by atoms with Crippen LogP contribution in [0.4, 0.5) is 14.9 Å². The number of carbonyl (C=O) groups is 1. The van der Waals surface area contributed by atoms with Crippen LogP contribution in [0.1, 0.15) is 6.92 Å². The highest BCUT2D eigenvalue weighted by Gasteiger charge is 2.31. The van der Waals surface area contributed by atoms with E-state index < -0.39 is 14.2 Å². The van der Waals surface area contributed by atoms with Gasteiger partial charge in [0.05, 0.1) is 8.07 Å². The number of amides is 1. The second-order valence-electron chi connectivity index (χ2n) is 5.31. The smallest absolute Gasteiger partial charge is 0.285 e. The zero-order valence-corrected chi connectivity index (χ0v) is 14.2. The van der Waals surface area contributed by atoms with Crippen molar-refractivity contribution in [2.24, 2.45) is 0 Å². The number of benzene rings is 1. The molecule has 0 N–H and O–H groups in total. The first-order chi connectivity index (χ1) is 10.5. The number of rotatable bonds is 9.